The zero-order valence-electron chi connectivity index (χ0n) is 16.5. The first-order valence-corrected chi connectivity index (χ1v) is 10.5. The van der Waals surface area contributed by atoms with Crippen molar-refractivity contribution < 1.29 is 23.2 Å². The molecule has 32 heavy (non-hydrogen) atoms. The molecule has 158 valence electrons. The summed E-state index contributed by atoms with van der Waals surface area (Å²) in [7, 11) is 0. The molecule has 7 nitrogen and oxygen atoms in total. The van der Waals surface area contributed by atoms with E-state index in [4.69, 9.17) is 13.6 Å². The van der Waals surface area contributed by atoms with Crippen molar-refractivity contribution in [3.63, 3.8) is 0 Å². The third-order valence-corrected chi connectivity index (χ3v) is 5.84. The molecule has 2 aromatic carbocycles. The Balaban J connectivity index is 1.36. The van der Waals surface area contributed by atoms with Crippen molar-refractivity contribution >= 4 is 50.0 Å². The normalized spacial score (nSPS) is 11.0. The number of anilines is 1. The first-order valence-electron chi connectivity index (χ1n) is 9.65. The van der Waals surface area contributed by atoms with Gasteiger partial charge in [0.25, 0.3) is 5.91 Å². The van der Waals surface area contributed by atoms with Crippen molar-refractivity contribution in [2.75, 3.05) is 5.32 Å². The maximum absolute atomic E-state index is 12.6. The fourth-order valence-corrected chi connectivity index (χ4v) is 4.24. The molecule has 0 saturated carbocycles. The SMILES string of the molecule is O=C(Nc1ccc(C(=O)OCc2cc(=O)oc3ccc4ccccc4c23)s1)c1ccco1. The Hall–Kier alpha value is -4.17. The quantitative estimate of drug-likeness (QED) is 0.227. The van der Waals surface area contributed by atoms with Crippen LogP contribution in [0.2, 0.25) is 0 Å². The molecule has 3 aromatic heterocycles. The van der Waals surface area contributed by atoms with Crippen LogP contribution in [0.4, 0.5) is 5.00 Å². The number of rotatable bonds is 5. The molecule has 0 saturated heterocycles. The number of fused-ring (bicyclic) bond motifs is 3. The van der Waals surface area contributed by atoms with E-state index in [0.29, 0.717) is 21.0 Å². The van der Waals surface area contributed by atoms with E-state index < -0.39 is 17.5 Å². The minimum absolute atomic E-state index is 0.0963. The topological polar surface area (TPSA) is 98.8 Å². The largest absolute Gasteiger partial charge is 0.459 e. The highest BCUT2D eigenvalue weighted by Crippen LogP contribution is 2.28. The number of amides is 1. The van der Waals surface area contributed by atoms with Gasteiger partial charge in [0.2, 0.25) is 0 Å². The van der Waals surface area contributed by atoms with Gasteiger partial charge in [-0.25, -0.2) is 9.59 Å². The molecule has 0 atom stereocenters. The highest BCUT2D eigenvalue weighted by atomic mass is 32.1. The van der Waals surface area contributed by atoms with Gasteiger partial charge in [-0.05, 0) is 41.1 Å². The number of hydrogen-bond acceptors (Lipinski definition) is 7. The molecule has 0 aliphatic carbocycles. The first kappa shape index (κ1) is 19.8. The van der Waals surface area contributed by atoms with Gasteiger partial charge >= 0.3 is 11.6 Å². The third kappa shape index (κ3) is 3.79. The highest BCUT2D eigenvalue weighted by molar-refractivity contribution is 7.18. The van der Waals surface area contributed by atoms with Crippen molar-refractivity contribution in [1.82, 2.24) is 0 Å². The first-order chi connectivity index (χ1) is 15.6. The smallest absolute Gasteiger partial charge is 0.348 e. The molecule has 5 aromatic rings. The molecule has 8 heteroatoms. The van der Waals surface area contributed by atoms with Gasteiger partial charge in [-0.2, -0.15) is 0 Å². The number of benzene rings is 2. The lowest BCUT2D eigenvalue weighted by molar-refractivity contribution is 0.0479. The Morgan fingerprint density at radius 2 is 1.88 bits per heavy atom. The van der Waals surface area contributed by atoms with Gasteiger partial charge in [0, 0.05) is 17.0 Å². The van der Waals surface area contributed by atoms with Crippen LogP contribution in [0.15, 0.2) is 86.6 Å². The van der Waals surface area contributed by atoms with Gasteiger partial charge < -0.3 is 18.9 Å². The molecule has 0 radical (unpaired) electrons. The maximum Gasteiger partial charge on any atom is 0.348 e. The predicted octanol–water partition coefficient (Wildman–Crippen LogP) is 5.21. The summed E-state index contributed by atoms with van der Waals surface area (Å²) >= 11 is 1.08. The van der Waals surface area contributed by atoms with Crippen LogP contribution in [0.5, 0.6) is 0 Å². The second-order valence-electron chi connectivity index (χ2n) is 6.92. The van der Waals surface area contributed by atoms with Gasteiger partial charge in [0.1, 0.15) is 17.1 Å². The van der Waals surface area contributed by atoms with Crippen LogP contribution >= 0.6 is 11.3 Å². The van der Waals surface area contributed by atoms with E-state index in [1.165, 1.54) is 12.3 Å². The standard InChI is InChI=1S/C24H15NO6S/c26-21-12-15(22-16-5-2-1-4-14(16)7-8-17(22)31-21)13-30-24(28)19-9-10-20(32-19)25-23(27)18-6-3-11-29-18/h1-12H,13H2,(H,25,27). The predicted molar refractivity (Wildman–Crippen MR) is 120 cm³/mol. The Kier molecular flexibility index (Phi) is 5.04. The van der Waals surface area contributed by atoms with Crippen LogP contribution in [0.25, 0.3) is 21.7 Å². The van der Waals surface area contributed by atoms with E-state index in [1.807, 2.05) is 30.3 Å². The van der Waals surface area contributed by atoms with Crippen LogP contribution in [-0.2, 0) is 11.3 Å². The number of nitrogens with one attached hydrogen (secondary N) is 1. The molecule has 0 unspecified atom stereocenters. The molecule has 0 fully saturated rings. The molecule has 3 heterocycles. The summed E-state index contributed by atoms with van der Waals surface area (Å²) in [6.45, 7) is -0.0963. The third-order valence-electron chi connectivity index (χ3n) is 4.86. The minimum Gasteiger partial charge on any atom is -0.459 e. The van der Waals surface area contributed by atoms with Crippen LogP contribution in [0.3, 0.4) is 0 Å². The number of thiophene rings is 1. The van der Waals surface area contributed by atoms with E-state index in [-0.39, 0.29) is 12.4 Å². The van der Waals surface area contributed by atoms with Crippen molar-refractivity contribution in [3.05, 3.63) is 99.6 Å². The zero-order valence-corrected chi connectivity index (χ0v) is 17.3. The number of furan rings is 1. The second kappa shape index (κ2) is 8.16. The molecule has 0 spiro atoms. The molecule has 1 N–H and O–H groups in total. The number of esters is 1. The van der Waals surface area contributed by atoms with Crippen LogP contribution < -0.4 is 10.9 Å². The van der Waals surface area contributed by atoms with E-state index in [1.54, 1.807) is 30.3 Å². The lowest BCUT2D eigenvalue weighted by Gasteiger charge is -2.09. The number of carbonyl (C=O) groups is 2. The summed E-state index contributed by atoms with van der Waals surface area (Å²) in [5.74, 6) is -0.800. The monoisotopic (exact) mass is 445 g/mol. The van der Waals surface area contributed by atoms with Gasteiger partial charge in [0.05, 0.1) is 11.3 Å². The lowest BCUT2D eigenvalue weighted by atomic mass is 10.0. The fourth-order valence-electron chi connectivity index (χ4n) is 3.44. The molecular weight excluding hydrogens is 430 g/mol. The van der Waals surface area contributed by atoms with Gasteiger partial charge in [-0.3, -0.25) is 4.79 Å². The van der Waals surface area contributed by atoms with Crippen molar-refractivity contribution in [2.45, 2.75) is 6.61 Å². The van der Waals surface area contributed by atoms with Crippen LogP contribution in [-0.4, -0.2) is 11.9 Å². The van der Waals surface area contributed by atoms with E-state index in [0.717, 1.165) is 27.5 Å². The van der Waals surface area contributed by atoms with E-state index in [2.05, 4.69) is 5.32 Å². The van der Waals surface area contributed by atoms with Crippen LogP contribution in [0, 0.1) is 0 Å². The van der Waals surface area contributed by atoms with E-state index >= 15 is 0 Å². The number of ether oxygens (including phenoxy) is 1. The molecule has 0 bridgehead atoms. The average molecular weight is 445 g/mol. The Morgan fingerprint density at radius 1 is 1.00 bits per heavy atom. The van der Waals surface area contributed by atoms with Gasteiger partial charge in [0.15, 0.2) is 5.76 Å². The fraction of sp³-hybridized carbons (Fsp3) is 0.0417. The lowest BCUT2D eigenvalue weighted by Crippen LogP contribution is -2.09. The summed E-state index contributed by atoms with van der Waals surface area (Å²) in [6.07, 6.45) is 1.41. The van der Waals surface area contributed by atoms with Crippen molar-refractivity contribution in [1.29, 1.82) is 0 Å². The molecular formula is C24H15NO6S. The zero-order chi connectivity index (χ0) is 22.1. The summed E-state index contributed by atoms with van der Waals surface area (Å²) in [5, 5.41) is 5.77. The summed E-state index contributed by atoms with van der Waals surface area (Å²) in [5.41, 5.74) is 0.475. The highest BCUT2D eigenvalue weighted by Gasteiger charge is 2.16. The second-order valence-corrected chi connectivity index (χ2v) is 8.01. The summed E-state index contributed by atoms with van der Waals surface area (Å²) in [6, 6.07) is 19.0. The van der Waals surface area contributed by atoms with Crippen LogP contribution in [0.1, 0.15) is 25.8 Å². The van der Waals surface area contributed by atoms with Gasteiger partial charge in [-0.1, -0.05) is 30.3 Å². The summed E-state index contributed by atoms with van der Waals surface area (Å²) in [4.78, 5) is 37.0. The Bertz CT molecular complexity index is 1510. The Morgan fingerprint density at radius 3 is 2.72 bits per heavy atom. The molecule has 1 amide bonds. The number of carbonyl (C=O) groups excluding carboxylic acids is 2. The minimum atomic E-state index is -0.560. The Labute approximate surface area is 184 Å². The number of hydrogen-bond donors (Lipinski definition) is 1. The molecule has 0 aliphatic rings. The van der Waals surface area contributed by atoms with Gasteiger partial charge in [-0.15, -0.1) is 11.3 Å². The summed E-state index contributed by atoms with van der Waals surface area (Å²) < 4.78 is 15.9. The van der Waals surface area contributed by atoms with Crippen molar-refractivity contribution in [2.24, 2.45) is 0 Å². The maximum atomic E-state index is 12.6. The molecule has 5 rings (SSSR count). The molecule has 0 aliphatic heterocycles. The van der Waals surface area contributed by atoms with E-state index in [9.17, 15) is 14.4 Å². The average Bonchev–Trinajstić information content (AvgIpc) is 3.49. The van der Waals surface area contributed by atoms with Crippen molar-refractivity contribution in [3.8, 4) is 0 Å².